The van der Waals surface area contributed by atoms with Crippen LogP contribution >= 0.6 is 0 Å². The number of para-hydroxylation sites is 1. The maximum atomic E-state index is 12.2. The van der Waals surface area contributed by atoms with Gasteiger partial charge < -0.3 is 14.5 Å². The van der Waals surface area contributed by atoms with E-state index in [4.69, 9.17) is 9.47 Å². The molecule has 0 unspecified atom stereocenters. The molecule has 126 valence electrons. The molecule has 2 amide bonds. The average molecular weight is 337 g/mol. The van der Waals surface area contributed by atoms with Crippen molar-refractivity contribution in [3.8, 4) is 11.5 Å². The molecule has 7 nitrogen and oxygen atoms in total. The maximum absolute atomic E-state index is 12.2. The number of hydrogen-bond acceptors (Lipinski definition) is 4. The van der Waals surface area contributed by atoms with Crippen molar-refractivity contribution in [3.63, 3.8) is 0 Å². The molecule has 0 bridgehead atoms. The number of amides is 2. The van der Waals surface area contributed by atoms with Crippen molar-refractivity contribution in [2.75, 3.05) is 13.2 Å². The van der Waals surface area contributed by atoms with Crippen LogP contribution in [0.3, 0.4) is 0 Å². The fourth-order valence-electron chi connectivity index (χ4n) is 2.63. The predicted molar refractivity (Wildman–Crippen MR) is 90.7 cm³/mol. The third-order valence-corrected chi connectivity index (χ3v) is 3.87. The molecule has 3 aromatic rings. The van der Waals surface area contributed by atoms with Gasteiger partial charge in [0, 0.05) is 16.5 Å². The smallest absolute Gasteiger partial charge is 0.286 e. The van der Waals surface area contributed by atoms with Crippen molar-refractivity contribution in [1.82, 2.24) is 15.8 Å². The van der Waals surface area contributed by atoms with Crippen LogP contribution in [0.4, 0.5) is 0 Å². The molecule has 0 saturated carbocycles. The van der Waals surface area contributed by atoms with Gasteiger partial charge in [0.15, 0.2) is 11.5 Å². The Balaban J connectivity index is 1.43. The number of carbonyl (C=O) groups excluding carboxylic acids is 2. The maximum Gasteiger partial charge on any atom is 0.286 e. The summed E-state index contributed by atoms with van der Waals surface area (Å²) in [5, 5.41) is 0.922. The molecule has 1 aliphatic rings. The van der Waals surface area contributed by atoms with E-state index in [1.165, 1.54) is 0 Å². The number of benzene rings is 2. The predicted octanol–water partition coefficient (Wildman–Crippen LogP) is 2.01. The molecule has 4 rings (SSSR count). The van der Waals surface area contributed by atoms with E-state index in [9.17, 15) is 9.59 Å². The summed E-state index contributed by atoms with van der Waals surface area (Å²) >= 11 is 0. The van der Waals surface area contributed by atoms with Crippen LogP contribution in [0.2, 0.25) is 0 Å². The van der Waals surface area contributed by atoms with E-state index >= 15 is 0 Å². The Kier molecular flexibility index (Phi) is 3.74. The first-order chi connectivity index (χ1) is 12.2. The second-order valence-corrected chi connectivity index (χ2v) is 5.54. The van der Waals surface area contributed by atoms with Crippen LogP contribution in [0, 0.1) is 0 Å². The van der Waals surface area contributed by atoms with Gasteiger partial charge in [0.1, 0.15) is 18.9 Å². The van der Waals surface area contributed by atoms with E-state index in [1.807, 2.05) is 24.3 Å². The zero-order valence-electron chi connectivity index (χ0n) is 13.2. The van der Waals surface area contributed by atoms with Crippen LogP contribution in [0.25, 0.3) is 10.9 Å². The molecule has 0 radical (unpaired) electrons. The highest BCUT2D eigenvalue weighted by Gasteiger charge is 2.16. The number of carbonyl (C=O) groups is 2. The minimum atomic E-state index is -0.443. The number of aromatic nitrogens is 1. The van der Waals surface area contributed by atoms with Crippen LogP contribution in [0.5, 0.6) is 11.5 Å². The number of ether oxygens (including phenoxy) is 2. The largest absolute Gasteiger partial charge is 0.486 e. The Bertz CT molecular complexity index is 931. The zero-order valence-corrected chi connectivity index (χ0v) is 13.2. The van der Waals surface area contributed by atoms with E-state index in [0.717, 1.165) is 10.9 Å². The summed E-state index contributed by atoms with van der Waals surface area (Å²) in [6.07, 6.45) is 0. The van der Waals surface area contributed by atoms with Gasteiger partial charge in [-0.2, -0.15) is 0 Å². The van der Waals surface area contributed by atoms with Crippen molar-refractivity contribution in [1.29, 1.82) is 0 Å². The minimum absolute atomic E-state index is 0.362. The fraction of sp³-hybridized carbons (Fsp3) is 0.111. The molecule has 0 spiro atoms. The Morgan fingerprint density at radius 2 is 1.64 bits per heavy atom. The van der Waals surface area contributed by atoms with Gasteiger partial charge in [-0.1, -0.05) is 18.2 Å². The normalized spacial score (nSPS) is 12.6. The molecule has 3 N–H and O–H groups in total. The molecule has 0 saturated heterocycles. The Hall–Kier alpha value is -3.48. The van der Waals surface area contributed by atoms with E-state index in [1.54, 1.807) is 24.3 Å². The Morgan fingerprint density at radius 1 is 0.880 bits per heavy atom. The molecule has 0 atom stereocenters. The van der Waals surface area contributed by atoms with E-state index in [2.05, 4.69) is 15.8 Å². The molecule has 2 aromatic carbocycles. The topological polar surface area (TPSA) is 92.5 Å². The van der Waals surface area contributed by atoms with Gasteiger partial charge in [0.2, 0.25) is 0 Å². The number of rotatable bonds is 2. The zero-order chi connectivity index (χ0) is 17.2. The summed E-state index contributed by atoms with van der Waals surface area (Å²) in [7, 11) is 0. The van der Waals surface area contributed by atoms with Crippen molar-refractivity contribution in [2.45, 2.75) is 0 Å². The summed E-state index contributed by atoms with van der Waals surface area (Å²) in [5.74, 6) is 0.245. The van der Waals surface area contributed by atoms with Gasteiger partial charge in [0.05, 0.1) is 0 Å². The van der Waals surface area contributed by atoms with Crippen LogP contribution < -0.4 is 20.3 Å². The highest BCUT2D eigenvalue weighted by atomic mass is 16.6. The average Bonchev–Trinajstić information content (AvgIpc) is 3.09. The standard InChI is InChI=1S/C18H15N3O4/c22-17(12-5-6-15-16(10-12)25-8-7-24-15)20-21-18(23)14-9-11-3-1-2-4-13(11)19-14/h1-6,9-10,19H,7-8H2,(H,20,22)(H,21,23). The van der Waals surface area contributed by atoms with Gasteiger partial charge in [-0.05, 0) is 30.3 Å². The quantitative estimate of drug-likeness (QED) is 0.624. The first-order valence-corrected chi connectivity index (χ1v) is 7.79. The molecule has 1 aromatic heterocycles. The second-order valence-electron chi connectivity index (χ2n) is 5.54. The first-order valence-electron chi connectivity index (χ1n) is 7.79. The van der Waals surface area contributed by atoms with E-state index in [0.29, 0.717) is 36.0 Å². The van der Waals surface area contributed by atoms with Crippen LogP contribution in [0.1, 0.15) is 20.8 Å². The highest BCUT2D eigenvalue weighted by molar-refractivity contribution is 6.01. The van der Waals surface area contributed by atoms with Gasteiger partial charge in [-0.3, -0.25) is 20.4 Å². The number of nitrogens with one attached hydrogen (secondary N) is 3. The molecule has 7 heteroatoms. The van der Waals surface area contributed by atoms with Crippen LogP contribution in [-0.2, 0) is 0 Å². The minimum Gasteiger partial charge on any atom is -0.486 e. The number of H-pyrrole nitrogens is 1. The molecular weight excluding hydrogens is 322 g/mol. The molecule has 1 aliphatic heterocycles. The lowest BCUT2D eigenvalue weighted by atomic mass is 10.2. The summed E-state index contributed by atoms with van der Waals surface area (Å²) in [6, 6.07) is 14.1. The number of hydrogen-bond donors (Lipinski definition) is 3. The van der Waals surface area contributed by atoms with Gasteiger partial charge in [0.25, 0.3) is 11.8 Å². The van der Waals surface area contributed by atoms with Crippen molar-refractivity contribution < 1.29 is 19.1 Å². The van der Waals surface area contributed by atoms with Crippen LogP contribution in [-0.4, -0.2) is 30.0 Å². The SMILES string of the molecule is O=C(NNC(=O)c1cc2ccccc2[nH]1)c1ccc2c(c1)OCCO2. The molecule has 2 heterocycles. The van der Waals surface area contributed by atoms with E-state index in [-0.39, 0.29) is 0 Å². The van der Waals surface area contributed by atoms with E-state index < -0.39 is 11.8 Å². The first kappa shape index (κ1) is 15.1. The lowest BCUT2D eigenvalue weighted by molar-refractivity contribution is 0.0844. The summed E-state index contributed by atoms with van der Waals surface area (Å²) in [6.45, 7) is 0.925. The Labute approximate surface area is 142 Å². The van der Waals surface area contributed by atoms with Crippen molar-refractivity contribution >= 4 is 22.7 Å². The summed E-state index contributed by atoms with van der Waals surface area (Å²) < 4.78 is 10.9. The van der Waals surface area contributed by atoms with Crippen LogP contribution in [0.15, 0.2) is 48.5 Å². The summed E-state index contributed by atoms with van der Waals surface area (Å²) in [4.78, 5) is 27.4. The van der Waals surface area contributed by atoms with Crippen molar-refractivity contribution in [2.24, 2.45) is 0 Å². The second kappa shape index (κ2) is 6.20. The lowest BCUT2D eigenvalue weighted by Crippen LogP contribution is -2.41. The highest BCUT2D eigenvalue weighted by Crippen LogP contribution is 2.30. The molecule has 0 fully saturated rings. The fourth-order valence-corrected chi connectivity index (χ4v) is 2.63. The third kappa shape index (κ3) is 2.99. The van der Waals surface area contributed by atoms with Gasteiger partial charge >= 0.3 is 0 Å². The lowest BCUT2D eigenvalue weighted by Gasteiger charge is -2.18. The Morgan fingerprint density at radius 3 is 2.48 bits per heavy atom. The number of hydrazine groups is 1. The molecule has 25 heavy (non-hydrogen) atoms. The molecular formula is C18H15N3O4. The summed E-state index contributed by atoms with van der Waals surface area (Å²) in [5.41, 5.74) is 6.37. The molecule has 0 aliphatic carbocycles. The van der Waals surface area contributed by atoms with Crippen molar-refractivity contribution in [3.05, 3.63) is 59.8 Å². The van der Waals surface area contributed by atoms with Gasteiger partial charge in [-0.25, -0.2) is 0 Å². The monoisotopic (exact) mass is 337 g/mol. The number of aromatic amines is 1. The third-order valence-electron chi connectivity index (χ3n) is 3.87. The van der Waals surface area contributed by atoms with Gasteiger partial charge in [-0.15, -0.1) is 0 Å². The number of fused-ring (bicyclic) bond motifs is 2.